The number of nitrogens with one attached hydrogen (secondary N) is 1. The molecule has 0 aliphatic carbocycles. The summed E-state index contributed by atoms with van der Waals surface area (Å²) in [6.07, 6.45) is 1.16. The molecule has 1 aliphatic heterocycles. The zero-order chi connectivity index (χ0) is 10.7. The fraction of sp³-hybridized carbons (Fsp3) is 0.500. The van der Waals surface area contributed by atoms with Gasteiger partial charge in [-0.25, -0.2) is 0 Å². The van der Waals surface area contributed by atoms with Gasteiger partial charge in [0.1, 0.15) is 0 Å². The molecule has 1 aliphatic rings. The van der Waals surface area contributed by atoms with Gasteiger partial charge in [-0.1, -0.05) is 28.1 Å². The predicted molar refractivity (Wildman–Crippen MR) is 64.9 cm³/mol. The summed E-state index contributed by atoms with van der Waals surface area (Å²) in [6.45, 7) is 2.34. The van der Waals surface area contributed by atoms with Crippen LogP contribution in [0.15, 0.2) is 28.7 Å². The van der Waals surface area contributed by atoms with Crippen LogP contribution >= 0.6 is 15.9 Å². The lowest BCUT2D eigenvalue weighted by molar-refractivity contribution is 0.231. The molecule has 1 saturated heterocycles. The molecule has 0 aromatic heterocycles. The summed E-state index contributed by atoms with van der Waals surface area (Å²) in [7, 11) is 0. The van der Waals surface area contributed by atoms with E-state index >= 15 is 0 Å². The zero-order valence-electron chi connectivity index (χ0n) is 8.62. The average molecular weight is 270 g/mol. The highest BCUT2D eigenvalue weighted by Gasteiger charge is 2.25. The molecule has 2 N–H and O–H groups in total. The Morgan fingerprint density at radius 3 is 3.00 bits per heavy atom. The van der Waals surface area contributed by atoms with Crippen molar-refractivity contribution in [2.45, 2.75) is 12.3 Å². The molecule has 2 nitrogen and oxygen atoms in total. The van der Waals surface area contributed by atoms with Crippen molar-refractivity contribution in [3.8, 4) is 0 Å². The second-order valence-corrected chi connectivity index (χ2v) is 5.01. The van der Waals surface area contributed by atoms with Gasteiger partial charge in [0.05, 0.1) is 6.61 Å². The van der Waals surface area contributed by atoms with Crippen molar-refractivity contribution in [3.63, 3.8) is 0 Å². The lowest BCUT2D eigenvalue weighted by Crippen LogP contribution is -2.19. The van der Waals surface area contributed by atoms with Crippen molar-refractivity contribution in [3.05, 3.63) is 34.3 Å². The highest BCUT2D eigenvalue weighted by molar-refractivity contribution is 9.10. The topological polar surface area (TPSA) is 32.3 Å². The van der Waals surface area contributed by atoms with Crippen LogP contribution in [-0.4, -0.2) is 24.8 Å². The number of hydrogen-bond donors (Lipinski definition) is 2. The second-order valence-electron chi connectivity index (χ2n) is 4.10. The largest absolute Gasteiger partial charge is 0.396 e. The summed E-state index contributed by atoms with van der Waals surface area (Å²) in [6, 6.07) is 8.26. The molecule has 0 radical (unpaired) electrons. The number of rotatable bonds is 3. The molecular formula is C12H16BrNO. The van der Waals surface area contributed by atoms with Crippen molar-refractivity contribution >= 4 is 15.9 Å². The molecule has 2 atom stereocenters. The summed E-state index contributed by atoms with van der Waals surface area (Å²) in [5, 5.41) is 12.8. The molecule has 82 valence electrons. The van der Waals surface area contributed by atoms with E-state index in [-0.39, 0.29) is 12.5 Å². The Balaban J connectivity index is 2.18. The van der Waals surface area contributed by atoms with Crippen LogP contribution in [0.3, 0.4) is 0 Å². The van der Waals surface area contributed by atoms with Gasteiger partial charge in [-0.05, 0) is 43.1 Å². The van der Waals surface area contributed by atoms with Crippen molar-refractivity contribution in [2.24, 2.45) is 5.92 Å². The smallest absolute Gasteiger partial charge is 0.0502 e. The lowest BCUT2D eigenvalue weighted by atomic mass is 9.86. The molecule has 0 spiro atoms. The van der Waals surface area contributed by atoms with Crippen molar-refractivity contribution in [1.29, 1.82) is 0 Å². The number of hydrogen-bond acceptors (Lipinski definition) is 2. The summed E-state index contributed by atoms with van der Waals surface area (Å²) >= 11 is 3.47. The van der Waals surface area contributed by atoms with Gasteiger partial charge in [0.2, 0.25) is 0 Å². The third kappa shape index (κ3) is 2.60. The molecule has 1 fully saturated rings. The van der Waals surface area contributed by atoms with Crippen molar-refractivity contribution in [2.75, 3.05) is 19.7 Å². The van der Waals surface area contributed by atoms with Crippen LogP contribution in [0.1, 0.15) is 17.9 Å². The molecule has 1 heterocycles. The van der Waals surface area contributed by atoms with Crippen LogP contribution in [0.25, 0.3) is 0 Å². The van der Waals surface area contributed by atoms with Crippen LogP contribution in [0.5, 0.6) is 0 Å². The predicted octanol–water partition coefficient (Wildman–Crippen LogP) is 2.13. The minimum Gasteiger partial charge on any atom is -0.396 e. The average Bonchev–Trinajstić information content (AvgIpc) is 2.72. The minimum atomic E-state index is 0.239. The maximum absolute atomic E-state index is 9.49. The molecule has 2 rings (SSSR count). The third-order valence-electron chi connectivity index (χ3n) is 3.14. The Bertz CT molecular complexity index is 323. The van der Waals surface area contributed by atoms with Crippen molar-refractivity contribution < 1.29 is 5.11 Å². The van der Waals surface area contributed by atoms with Crippen LogP contribution in [0.2, 0.25) is 0 Å². The first-order valence-electron chi connectivity index (χ1n) is 5.38. The normalized spacial score (nSPS) is 22.9. The number of aliphatic hydroxyl groups is 1. The van der Waals surface area contributed by atoms with Gasteiger partial charge in [0, 0.05) is 10.4 Å². The van der Waals surface area contributed by atoms with Crippen LogP contribution in [-0.2, 0) is 0 Å². The third-order valence-corrected chi connectivity index (χ3v) is 3.63. The van der Waals surface area contributed by atoms with Gasteiger partial charge in [-0.3, -0.25) is 0 Å². The Hall–Kier alpha value is -0.380. The van der Waals surface area contributed by atoms with E-state index in [0.29, 0.717) is 5.92 Å². The molecule has 1 aromatic rings. The fourth-order valence-electron chi connectivity index (χ4n) is 2.28. The highest BCUT2D eigenvalue weighted by Crippen LogP contribution is 2.29. The monoisotopic (exact) mass is 269 g/mol. The number of benzene rings is 1. The van der Waals surface area contributed by atoms with Gasteiger partial charge >= 0.3 is 0 Å². The maximum atomic E-state index is 9.49. The molecule has 0 bridgehead atoms. The van der Waals surface area contributed by atoms with Crippen LogP contribution in [0, 0.1) is 5.92 Å². The van der Waals surface area contributed by atoms with Crippen LogP contribution < -0.4 is 5.32 Å². The first kappa shape index (κ1) is 11.1. The highest BCUT2D eigenvalue weighted by atomic mass is 79.9. The molecule has 0 amide bonds. The Morgan fingerprint density at radius 2 is 2.40 bits per heavy atom. The van der Waals surface area contributed by atoms with E-state index in [9.17, 15) is 5.11 Å². The summed E-state index contributed by atoms with van der Waals surface area (Å²) in [5.74, 6) is 0.849. The molecule has 3 heteroatoms. The lowest BCUT2D eigenvalue weighted by Gasteiger charge is -2.21. The van der Waals surface area contributed by atoms with Gasteiger partial charge in [0.25, 0.3) is 0 Å². The van der Waals surface area contributed by atoms with E-state index in [2.05, 4.69) is 33.4 Å². The first-order valence-corrected chi connectivity index (χ1v) is 6.17. The number of halogens is 1. The van der Waals surface area contributed by atoms with E-state index in [1.807, 2.05) is 12.1 Å². The quantitative estimate of drug-likeness (QED) is 0.882. The zero-order valence-corrected chi connectivity index (χ0v) is 10.2. The van der Waals surface area contributed by atoms with E-state index in [1.165, 1.54) is 5.56 Å². The summed E-state index contributed by atoms with van der Waals surface area (Å²) < 4.78 is 1.09. The maximum Gasteiger partial charge on any atom is 0.0502 e. The molecular weight excluding hydrogens is 254 g/mol. The first-order chi connectivity index (χ1) is 7.31. The minimum absolute atomic E-state index is 0.239. The Kier molecular flexibility index (Phi) is 3.78. The SMILES string of the molecule is OCC(c1cccc(Br)c1)C1CCNC1. The van der Waals surface area contributed by atoms with Gasteiger partial charge < -0.3 is 10.4 Å². The van der Waals surface area contributed by atoms with E-state index in [1.54, 1.807) is 0 Å². The molecule has 0 saturated carbocycles. The molecule has 2 unspecified atom stereocenters. The second kappa shape index (κ2) is 5.10. The van der Waals surface area contributed by atoms with Gasteiger partial charge in [-0.15, -0.1) is 0 Å². The van der Waals surface area contributed by atoms with E-state index in [0.717, 1.165) is 24.0 Å². The Morgan fingerprint density at radius 1 is 1.53 bits per heavy atom. The Labute approximate surface area is 98.8 Å². The van der Waals surface area contributed by atoms with Crippen LogP contribution in [0.4, 0.5) is 0 Å². The molecule has 1 aromatic carbocycles. The fourth-order valence-corrected chi connectivity index (χ4v) is 2.70. The van der Waals surface area contributed by atoms with E-state index < -0.39 is 0 Å². The van der Waals surface area contributed by atoms with E-state index in [4.69, 9.17) is 0 Å². The van der Waals surface area contributed by atoms with Gasteiger partial charge in [-0.2, -0.15) is 0 Å². The molecule has 15 heavy (non-hydrogen) atoms. The summed E-state index contributed by atoms with van der Waals surface area (Å²) in [5.41, 5.74) is 1.24. The number of aliphatic hydroxyl groups excluding tert-OH is 1. The standard InChI is InChI=1S/C12H16BrNO/c13-11-3-1-2-9(6-11)12(8-15)10-4-5-14-7-10/h1-3,6,10,12,14-15H,4-5,7-8H2. The van der Waals surface area contributed by atoms with Crippen molar-refractivity contribution in [1.82, 2.24) is 5.32 Å². The summed E-state index contributed by atoms with van der Waals surface area (Å²) in [4.78, 5) is 0. The van der Waals surface area contributed by atoms with Gasteiger partial charge in [0.15, 0.2) is 0 Å².